The number of carbonyl (C=O) groups is 1. The highest BCUT2D eigenvalue weighted by molar-refractivity contribution is 5.82. The molecule has 4 nitrogen and oxygen atoms in total. The molecule has 15 heavy (non-hydrogen) atoms. The van der Waals surface area contributed by atoms with Crippen LogP contribution in [0.2, 0.25) is 0 Å². The third kappa shape index (κ3) is 5.74. The van der Waals surface area contributed by atoms with Crippen LogP contribution in [-0.2, 0) is 4.79 Å². The molecule has 90 valence electrons. The van der Waals surface area contributed by atoms with Gasteiger partial charge in [-0.1, -0.05) is 27.7 Å². The van der Waals surface area contributed by atoms with E-state index in [1.807, 2.05) is 27.8 Å². The van der Waals surface area contributed by atoms with E-state index in [1.165, 1.54) is 0 Å². The third-order valence-electron chi connectivity index (χ3n) is 2.55. The molecule has 0 aromatic rings. The zero-order valence-corrected chi connectivity index (χ0v) is 10.6. The Labute approximate surface area is 93.2 Å². The summed E-state index contributed by atoms with van der Waals surface area (Å²) >= 11 is 0. The second kappa shape index (κ2) is 6.08. The fourth-order valence-corrected chi connectivity index (χ4v) is 1.03. The van der Waals surface area contributed by atoms with Gasteiger partial charge >= 0.3 is 0 Å². The molecule has 1 unspecified atom stereocenters. The Kier molecular flexibility index (Phi) is 5.83. The van der Waals surface area contributed by atoms with Gasteiger partial charge in [-0.05, 0) is 19.0 Å². The molecule has 1 atom stereocenters. The number of nitrogens with zero attached hydrogens (tertiary/aromatic N) is 1. The van der Waals surface area contributed by atoms with Gasteiger partial charge in [0.05, 0.1) is 6.04 Å². The first-order chi connectivity index (χ1) is 6.79. The van der Waals surface area contributed by atoms with Crippen LogP contribution in [0.4, 0.5) is 0 Å². The van der Waals surface area contributed by atoms with E-state index in [4.69, 9.17) is 5.73 Å². The predicted octanol–water partition coefficient (Wildman–Crippen LogP) is 0.428. The van der Waals surface area contributed by atoms with E-state index < -0.39 is 6.04 Å². The molecule has 1 amide bonds. The van der Waals surface area contributed by atoms with Crippen molar-refractivity contribution < 1.29 is 4.79 Å². The molecule has 0 aliphatic carbocycles. The fraction of sp³-hybridized carbons (Fsp3) is 0.909. The first-order valence-corrected chi connectivity index (χ1v) is 5.51. The highest BCUT2D eigenvalue weighted by atomic mass is 16.2. The Hall–Kier alpha value is -0.610. The zero-order valence-electron chi connectivity index (χ0n) is 10.6. The van der Waals surface area contributed by atoms with Gasteiger partial charge in [0.1, 0.15) is 0 Å². The minimum Gasteiger partial charge on any atom is -0.353 e. The summed E-state index contributed by atoms with van der Waals surface area (Å²) in [5.41, 5.74) is 5.64. The van der Waals surface area contributed by atoms with Crippen molar-refractivity contribution in [3.8, 4) is 0 Å². The molecular formula is C11H25N3O. The molecule has 0 fully saturated rings. The number of rotatable bonds is 5. The molecule has 0 saturated heterocycles. The summed E-state index contributed by atoms with van der Waals surface area (Å²) in [6.07, 6.45) is 0. The molecule has 0 saturated carbocycles. The second-order valence-corrected chi connectivity index (χ2v) is 5.03. The van der Waals surface area contributed by atoms with Crippen molar-refractivity contribution in [2.45, 2.75) is 33.7 Å². The van der Waals surface area contributed by atoms with Gasteiger partial charge in [0, 0.05) is 13.1 Å². The van der Waals surface area contributed by atoms with Gasteiger partial charge in [-0.2, -0.15) is 0 Å². The molecule has 0 spiro atoms. The molecule has 0 rings (SSSR count). The number of hydrogen-bond acceptors (Lipinski definition) is 3. The van der Waals surface area contributed by atoms with Gasteiger partial charge in [0.15, 0.2) is 0 Å². The number of amides is 1. The van der Waals surface area contributed by atoms with Crippen LogP contribution in [-0.4, -0.2) is 43.5 Å². The topological polar surface area (TPSA) is 58.4 Å². The average Bonchev–Trinajstić information content (AvgIpc) is 2.14. The molecule has 0 aliphatic rings. The van der Waals surface area contributed by atoms with E-state index in [-0.39, 0.29) is 11.3 Å². The first kappa shape index (κ1) is 14.4. The lowest BCUT2D eigenvalue weighted by Crippen LogP contribution is -2.49. The zero-order chi connectivity index (χ0) is 12.1. The van der Waals surface area contributed by atoms with Crippen molar-refractivity contribution in [2.75, 3.05) is 26.7 Å². The fourth-order valence-electron chi connectivity index (χ4n) is 1.03. The van der Waals surface area contributed by atoms with Crippen molar-refractivity contribution >= 4 is 5.91 Å². The van der Waals surface area contributed by atoms with Crippen LogP contribution in [0.15, 0.2) is 0 Å². The molecule has 4 heteroatoms. The second-order valence-electron chi connectivity index (χ2n) is 5.03. The average molecular weight is 215 g/mol. The number of carbonyl (C=O) groups excluding carboxylic acids is 1. The minimum absolute atomic E-state index is 0.0630. The molecule has 0 bridgehead atoms. The SMILES string of the molecule is CCN(C)CCNC(=O)C(N)C(C)(C)C. The lowest BCUT2D eigenvalue weighted by atomic mass is 9.87. The van der Waals surface area contributed by atoms with E-state index in [1.54, 1.807) is 0 Å². The molecular weight excluding hydrogens is 190 g/mol. The highest BCUT2D eigenvalue weighted by Crippen LogP contribution is 2.16. The normalized spacial score (nSPS) is 14.1. The smallest absolute Gasteiger partial charge is 0.237 e. The summed E-state index contributed by atoms with van der Waals surface area (Å²) in [5, 5.41) is 2.85. The molecule has 0 aromatic carbocycles. The van der Waals surface area contributed by atoms with Crippen LogP contribution in [0.25, 0.3) is 0 Å². The van der Waals surface area contributed by atoms with Crippen molar-refractivity contribution in [3.63, 3.8) is 0 Å². The van der Waals surface area contributed by atoms with Gasteiger partial charge in [-0.15, -0.1) is 0 Å². The number of nitrogens with two attached hydrogens (primary N) is 1. The summed E-state index contributed by atoms with van der Waals surface area (Å²) in [7, 11) is 2.02. The summed E-state index contributed by atoms with van der Waals surface area (Å²) in [4.78, 5) is 13.7. The summed E-state index contributed by atoms with van der Waals surface area (Å²) in [6, 6.07) is -0.440. The lowest BCUT2D eigenvalue weighted by Gasteiger charge is -2.26. The van der Waals surface area contributed by atoms with Gasteiger partial charge in [-0.25, -0.2) is 0 Å². The molecule has 0 aliphatic heterocycles. The molecule has 0 radical (unpaired) electrons. The first-order valence-electron chi connectivity index (χ1n) is 5.51. The van der Waals surface area contributed by atoms with Crippen LogP contribution in [0, 0.1) is 5.41 Å². The van der Waals surface area contributed by atoms with E-state index in [0.717, 1.165) is 13.1 Å². The van der Waals surface area contributed by atoms with Crippen molar-refractivity contribution in [3.05, 3.63) is 0 Å². The number of likely N-dealkylation sites (N-methyl/N-ethyl adjacent to an activating group) is 1. The number of nitrogens with one attached hydrogen (secondary N) is 1. The van der Waals surface area contributed by atoms with E-state index in [2.05, 4.69) is 17.1 Å². The van der Waals surface area contributed by atoms with Crippen LogP contribution in [0.5, 0.6) is 0 Å². The quantitative estimate of drug-likeness (QED) is 0.699. The summed E-state index contributed by atoms with van der Waals surface area (Å²) in [6.45, 7) is 10.5. The van der Waals surface area contributed by atoms with Gasteiger partial charge in [0.25, 0.3) is 0 Å². The maximum Gasteiger partial charge on any atom is 0.237 e. The summed E-state index contributed by atoms with van der Waals surface area (Å²) < 4.78 is 0. The van der Waals surface area contributed by atoms with Crippen molar-refractivity contribution in [1.82, 2.24) is 10.2 Å². The Morgan fingerprint density at radius 3 is 2.40 bits per heavy atom. The highest BCUT2D eigenvalue weighted by Gasteiger charge is 2.26. The van der Waals surface area contributed by atoms with Gasteiger partial charge in [-0.3, -0.25) is 4.79 Å². The van der Waals surface area contributed by atoms with E-state index in [0.29, 0.717) is 6.54 Å². The largest absolute Gasteiger partial charge is 0.353 e. The van der Waals surface area contributed by atoms with Crippen LogP contribution < -0.4 is 11.1 Å². The molecule has 0 aromatic heterocycles. The third-order valence-corrected chi connectivity index (χ3v) is 2.55. The van der Waals surface area contributed by atoms with Crippen molar-refractivity contribution in [2.24, 2.45) is 11.1 Å². The van der Waals surface area contributed by atoms with Crippen LogP contribution in [0.3, 0.4) is 0 Å². The monoisotopic (exact) mass is 215 g/mol. The van der Waals surface area contributed by atoms with Crippen LogP contribution >= 0.6 is 0 Å². The maximum absolute atomic E-state index is 11.6. The molecule has 3 N–H and O–H groups in total. The van der Waals surface area contributed by atoms with Gasteiger partial charge < -0.3 is 16.0 Å². The molecule has 0 heterocycles. The lowest BCUT2D eigenvalue weighted by molar-refractivity contribution is -0.124. The van der Waals surface area contributed by atoms with Crippen LogP contribution in [0.1, 0.15) is 27.7 Å². The Balaban J connectivity index is 3.85. The Morgan fingerprint density at radius 2 is 2.00 bits per heavy atom. The van der Waals surface area contributed by atoms with Crippen molar-refractivity contribution in [1.29, 1.82) is 0 Å². The Bertz CT molecular complexity index is 198. The van der Waals surface area contributed by atoms with E-state index >= 15 is 0 Å². The maximum atomic E-state index is 11.6. The van der Waals surface area contributed by atoms with Gasteiger partial charge in [0.2, 0.25) is 5.91 Å². The minimum atomic E-state index is -0.440. The summed E-state index contributed by atoms with van der Waals surface area (Å²) in [5.74, 6) is -0.0630. The standard InChI is InChI=1S/C11H25N3O/c1-6-14(5)8-7-13-10(15)9(12)11(2,3)4/h9H,6-8,12H2,1-5H3,(H,13,15). The number of hydrogen-bond donors (Lipinski definition) is 2. The predicted molar refractivity (Wildman–Crippen MR) is 63.6 cm³/mol. The Morgan fingerprint density at radius 1 is 1.47 bits per heavy atom. The van der Waals surface area contributed by atoms with E-state index in [9.17, 15) is 4.79 Å².